The van der Waals surface area contributed by atoms with E-state index in [0.717, 1.165) is 0 Å². The van der Waals surface area contributed by atoms with Crippen LogP contribution in [0.4, 0.5) is 5.69 Å². The topological polar surface area (TPSA) is 69.4 Å². The number of nitro benzene ring substituents is 1. The van der Waals surface area contributed by atoms with E-state index in [9.17, 15) is 14.9 Å². The van der Waals surface area contributed by atoms with E-state index in [2.05, 4.69) is 9.88 Å². The molecule has 0 amide bonds. The number of carbonyl (C=O) groups is 1. The van der Waals surface area contributed by atoms with Crippen LogP contribution in [-0.2, 0) is 25.3 Å². The van der Waals surface area contributed by atoms with Crippen molar-refractivity contribution in [2.24, 2.45) is 0 Å². The molecule has 0 aliphatic heterocycles. The molecule has 0 saturated heterocycles. The second-order valence-electron chi connectivity index (χ2n) is 4.30. The average molecular weight is 454 g/mol. The fourth-order valence-electron chi connectivity index (χ4n) is 1.44. The molecule has 2 aromatic carbocycles. The molecule has 8 heteroatoms. The molecule has 23 heavy (non-hydrogen) atoms. The van der Waals surface area contributed by atoms with E-state index in [-0.39, 0.29) is 38.1 Å². The molecule has 0 spiro atoms. The molecule has 118 valence electrons. The molecule has 5 nitrogen and oxygen atoms in total. The van der Waals surface area contributed by atoms with Crippen LogP contribution in [0.5, 0.6) is 5.75 Å². The van der Waals surface area contributed by atoms with Crippen molar-refractivity contribution in [2.45, 2.75) is 19.7 Å². The SMILES string of the molecule is O=C(Oc1ccc([N+](=O)[O-])cc1)c1ccc([S-])c([S-])c1.[CH3][Sn+2][CH3]. The molecule has 0 bridgehead atoms. The molecule has 0 radical (unpaired) electrons. The molecule has 0 atom stereocenters. The fraction of sp³-hybridized carbons (Fsp3) is 0.133. The van der Waals surface area contributed by atoms with Gasteiger partial charge in [-0.3, -0.25) is 10.1 Å². The van der Waals surface area contributed by atoms with E-state index >= 15 is 0 Å². The zero-order valence-electron chi connectivity index (χ0n) is 12.4. The first-order valence-electron chi connectivity index (χ1n) is 6.42. The molecule has 2 aromatic rings. The van der Waals surface area contributed by atoms with Crippen molar-refractivity contribution in [2.75, 3.05) is 0 Å². The zero-order chi connectivity index (χ0) is 17.4. The van der Waals surface area contributed by atoms with E-state index in [1.807, 2.05) is 0 Å². The number of hydrogen-bond donors (Lipinski definition) is 0. The maximum atomic E-state index is 11.9. The van der Waals surface area contributed by atoms with E-state index in [1.165, 1.54) is 36.4 Å². The third-order valence-corrected chi connectivity index (χ3v) is 3.26. The molecule has 2 rings (SSSR count). The van der Waals surface area contributed by atoms with Crippen LogP contribution in [0.3, 0.4) is 0 Å². The first-order valence-corrected chi connectivity index (χ1v) is 12.9. The van der Waals surface area contributed by atoms with E-state index in [4.69, 9.17) is 30.0 Å². The van der Waals surface area contributed by atoms with Gasteiger partial charge in [0.15, 0.2) is 0 Å². The number of carbonyl (C=O) groups excluding carboxylic acids is 1. The normalized spacial score (nSPS) is 9.13. The van der Waals surface area contributed by atoms with Crippen molar-refractivity contribution in [1.29, 1.82) is 0 Å². The number of nitro groups is 1. The summed E-state index contributed by atoms with van der Waals surface area (Å²) in [4.78, 5) is 27.3. The van der Waals surface area contributed by atoms with Gasteiger partial charge < -0.3 is 30.0 Å². The molecule has 0 aliphatic rings. The minimum atomic E-state index is -0.597. The summed E-state index contributed by atoms with van der Waals surface area (Å²) in [6, 6.07) is 9.76. The first-order chi connectivity index (χ1) is 10.9. The summed E-state index contributed by atoms with van der Waals surface area (Å²) in [5.74, 6) is -0.381. The third-order valence-electron chi connectivity index (χ3n) is 2.44. The Kier molecular flexibility index (Phi) is 8.21. The van der Waals surface area contributed by atoms with Gasteiger partial charge in [-0.05, 0) is 18.2 Å². The number of hydrogen-bond acceptors (Lipinski definition) is 6. The van der Waals surface area contributed by atoms with Crippen molar-refractivity contribution in [1.82, 2.24) is 0 Å². The van der Waals surface area contributed by atoms with Gasteiger partial charge in [-0.1, -0.05) is 12.1 Å². The molecular formula is C15H13NO4S2Sn. The fourth-order valence-corrected chi connectivity index (χ4v) is 1.76. The Labute approximate surface area is 155 Å². The number of ether oxygens (including phenoxy) is 1. The van der Waals surface area contributed by atoms with Crippen LogP contribution in [0.2, 0.25) is 9.88 Å². The molecule has 0 heterocycles. The Morgan fingerprint density at radius 2 is 1.65 bits per heavy atom. The minimum absolute atomic E-state index is 0.0758. The van der Waals surface area contributed by atoms with Crippen molar-refractivity contribution < 1.29 is 14.5 Å². The van der Waals surface area contributed by atoms with Crippen LogP contribution < -0.4 is 4.74 Å². The van der Waals surface area contributed by atoms with Crippen molar-refractivity contribution >= 4 is 58.1 Å². The quantitative estimate of drug-likeness (QED) is 0.177. The Hall–Kier alpha value is -1.45. The van der Waals surface area contributed by atoms with Gasteiger partial charge in [0.1, 0.15) is 5.75 Å². The maximum absolute atomic E-state index is 11.9. The Morgan fingerprint density at radius 3 is 2.13 bits per heavy atom. The zero-order valence-corrected chi connectivity index (χ0v) is 16.9. The summed E-state index contributed by atoms with van der Waals surface area (Å²) < 4.78 is 5.09. The Bertz CT molecular complexity index is 692. The van der Waals surface area contributed by atoms with Crippen LogP contribution in [-0.4, -0.2) is 32.0 Å². The summed E-state index contributed by atoms with van der Waals surface area (Å²) in [7, 11) is 0. The molecule has 0 aromatic heterocycles. The van der Waals surface area contributed by atoms with E-state index < -0.39 is 10.9 Å². The molecule has 0 N–H and O–H groups in total. The average Bonchev–Trinajstić information content (AvgIpc) is 2.51. The standard InChI is InChI=1S/C13H9NO4S2.2CH3.Sn/c15-13(8-1-6-11(19)12(20)7-8)18-10-4-2-9(3-5-10)14(16)17;;;/h1-7,19-20H;2*1H3;/q;;;+2/p-2. The second kappa shape index (κ2) is 9.63. The molecule has 0 saturated carbocycles. The summed E-state index contributed by atoms with van der Waals surface area (Å²) in [5, 5.41) is 10.5. The van der Waals surface area contributed by atoms with Crippen molar-refractivity contribution in [3.05, 3.63) is 58.1 Å². The van der Waals surface area contributed by atoms with Crippen molar-refractivity contribution in [3.63, 3.8) is 0 Å². The van der Waals surface area contributed by atoms with Crippen LogP contribution >= 0.6 is 0 Å². The van der Waals surface area contributed by atoms with Crippen LogP contribution in [0.25, 0.3) is 0 Å². The number of rotatable bonds is 3. The second-order valence-corrected chi connectivity index (χ2v) is 8.04. The number of nitrogens with zero attached hydrogens (tertiary/aromatic N) is 1. The van der Waals surface area contributed by atoms with Gasteiger partial charge in [0.25, 0.3) is 5.69 Å². The number of benzene rings is 2. The summed E-state index contributed by atoms with van der Waals surface area (Å²) >= 11 is 10.2. The van der Waals surface area contributed by atoms with Crippen LogP contribution in [0.15, 0.2) is 52.3 Å². The van der Waals surface area contributed by atoms with Gasteiger partial charge in [0.2, 0.25) is 0 Å². The van der Waals surface area contributed by atoms with Gasteiger partial charge in [-0.25, -0.2) is 4.79 Å². The molecule has 0 aliphatic carbocycles. The predicted octanol–water partition coefficient (Wildman–Crippen LogP) is 3.41. The predicted molar refractivity (Wildman–Crippen MR) is 93.2 cm³/mol. The van der Waals surface area contributed by atoms with Crippen molar-refractivity contribution in [3.8, 4) is 5.75 Å². The molecule has 0 fully saturated rings. The van der Waals surface area contributed by atoms with Gasteiger partial charge in [0.05, 0.1) is 10.5 Å². The van der Waals surface area contributed by atoms with Crippen LogP contribution in [0, 0.1) is 10.1 Å². The summed E-state index contributed by atoms with van der Waals surface area (Å²) in [6.45, 7) is 0. The van der Waals surface area contributed by atoms with Gasteiger partial charge in [0, 0.05) is 12.1 Å². The number of esters is 1. The number of non-ortho nitro benzene ring substituents is 1. The third kappa shape index (κ3) is 6.28. The van der Waals surface area contributed by atoms with E-state index in [1.54, 1.807) is 6.07 Å². The Balaban J connectivity index is 0.000000816. The summed E-state index contributed by atoms with van der Waals surface area (Å²) in [6.07, 6.45) is 0. The first kappa shape index (κ1) is 19.6. The monoisotopic (exact) mass is 455 g/mol. The molecular weight excluding hydrogens is 441 g/mol. The van der Waals surface area contributed by atoms with Gasteiger partial charge in [-0.15, -0.1) is 0 Å². The Morgan fingerprint density at radius 1 is 1.09 bits per heavy atom. The summed E-state index contributed by atoms with van der Waals surface area (Å²) in [5.41, 5.74) is 0.204. The molecule has 0 unspecified atom stereocenters. The van der Waals surface area contributed by atoms with Gasteiger partial charge >= 0.3 is 37.0 Å². The van der Waals surface area contributed by atoms with E-state index in [0.29, 0.717) is 9.79 Å². The van der Waals surface area contributed by atoms with Gasteiger partial charge in [-0.2, -0.15) is 9.79 Å². The van der Waals surface area contributed by atoms with Crippen LogP contribution in [0.1, 0.15) is 10.4 Å².